The first-order valence-electron chi connectivity index (χ1n) is 22.2. The third-order valence-electron chi connectivity index (χ3n) is 14.8. The second kappa shape index (κ2) is 14.7. The van der Waals surface area contributed by atoms with E-state index in [4.69, 9.17) is 0 Å². The smallest absolute Gasteiger partial charge is 0.142 e. The number of hydrogen-bond donors (Lipinski definition) is 0. The van der Waals surface area contributed by atoms with E-state index < -0.39 is 0 Å². The zero-order valence-corrected chi connectivity index (χ0v) is 39.7. The van der Waals surface area contributed by atoms with Gasteiger partial charge in [0, 0.05) is 55.0 Å². The molecule has 2 aromatic heterocycles. The van der Waals surface area contributed by atoms with Gasteiger partial charge in [0.05, 0.1) is 0 Å². The Morgan fingerprint density at radius 1 is 0.279 bits per heavy atom. The number of benzene rings is 7. The van der Waals surface area contributed by atoms with Crippen LogP contribution in [0.4, 0.5) is 0 Å². The van der Waals surface area contributed by atoms with Crippen molar-refractivity contribution in [2.45, 2.75) is 0 Å². The summed E-state index contributed by atoms with van der Waals surface area (Å²) in [6, 6.07) is 25.7. The van der Waals surface area contributed by atoms with Gasteiger partial charge in [-0.15, -0.1) is 0 Å². The molecule has 0 aliphatic heterocycles. The van der Waals surface area contributed by atoms with Crippen LogP contribution < -0.4 is 92.9 Å². The van der Waals surface area contributed by atoms with Crippen molar-refractivity contribution >= 4 is 270 Å². The highest BCUT2D eigenvalue weighted by atomic mass is 15.0. The maximum absolute atomic E-state index is 2.65. The summed E-state index contributed by atoms with van der Waals surface area (Å²) >= 11 is 0. The SMILES string of the molecule is Bc1ccc(-c2cc(B)c(-n3c4c(B)c(B)c(B)cc4c4c(B)c(-c5c(B)c(B)c6c(c5B)c5cc(B)cc(B)c5n6-c5c(B)cc(B)cc5B)c(B)c(B)c43)c(B)c2)cc1. The Balaban J connectivity index is 1.42. The Morgan fingerprint density at radius 2 is 0.689 bits per heavy atom. The Hall–Kier alpha value is -4.76. The number of hydrogen-bond acceptors (Lipinski definition) is 0. The van der Waals surface area contributed by atoms with Gasteiger partial charge in [0.15, 0.2) is 0 Å². The molecule has 7 aromatic carbocycles. The van der Waals surface area contributed by atoms with E-state index in [-0.39, 0.29) is 0 Å². The number of nitrogens with zero attached hydrogens (tertiary/aromatic N) is 2. The molecule has 2 heterocycles. The minimum atomic E-state index is 1.26. The number of aromatic nitrogens is 2. The van der Waals surface area contributed by atoms with Gasteiger partial charge < -0.3 is 9.13 Å². The molecule has 0 radical (unpaired) electrons. The highest BCUT2D eigenvalue weighted by molar-refractivity contribution is 6.67. The normalized spacial score (nSPS) is 11.7. The molecule has 0 aliphatic carbocycles. The minimum absolute atomic E-state index is 1.26. The van der Waals surface area contributed by atoms with Gasteiger partial charge in [0.1, 0.15) is 133 Å². The van der Waals surface area contributed by atoms with Crippen LogP contribution in [0.25, 0.3) is 77.2 Å². The van der Waals surface area contributed by atoms with Crippen LogP contribution in [0, 0.1) is 0 Å². The van der Waals surface area contributed by atoms with Crippen LogP contribution in [0.3, 0.4) is 0 Å². The molecule has 2 nitrogen and oxygen atoms in total. The van der Waals surface area contributed by atoms with Gasteiger partial charge in [-0.3, -0.25) is 0 Å². The third-order valence-corrected chi connectivity index (χ3v) is 14.8. The molecule has 0 fully saturated rings. The first-order chi connectivity index (χ1) is 28.8. The van der Waals surface area contributed by atoms with Crippen LogP contribution in [-0.4, -0.2) is 143 Å². The van der Waals surface area contributed by atoms with Crippen molar-refractivity contribution in [3.8, 4) is 33.6 Å². The van der Waals surface area contributed by atoms with Crippen molar-refractivity contribution in [1.82, 2.24) is 9.13 Å². The van der Waals surface area contributed by atoms with Crippen LogP contribution in [0.2, 0.25) is 0 Å². The molecule has 19 heteroatoms. The van der Waals surface area contributed by atoms with Gasteiger partial charge in [-0.2, -0.15) is 0 Å². The van der Waals surface area contributed by atoms with Crippen molar-refractivity contribution < 1.29 is 0 Å². The molecule has 0 saturated carbocycles. The Bertz CT molecular complexity index is 3400. The fraction of sp³-hybridized carbons (Fsp3) is 0. The van der Waals surface area contributed by atoms with E-state index >= 15 is 0 Å². The molecule has 0 amide bonds. The molecule has 274 valence electrons. The molecule has 0 bridgehead atoms. The van der Waals surface area contributed by atoms with E-state index in [2.05, 4.69) is 209 Å². The monoisotopic (exact) mass is 765 g/mol. The van der Waals surface area contributed by atoms with Gasteiger partial charge in [-0.05, 0) is 22.3 Å². The van der Waals surface area contributed by atoms with Crippen molar-refractivity contribution in [1.29, 1.82) is 0 Å². The lowest BCUT2D eigenvalue weighted by molar-refractivity contribution is 1.22. The van der Waals surface area contributed by atoms with Gasteiger partial charge in [-0.25, -0.2) is 0 Å². The van der Waals surface area contributed by atoms with E-state index in [1.54, 1.807) is 0 Å². The van der Waals surface area contributed by atoms with Crippen molar-refractivity contribution in [3.63, 3.8) is 0 Å². The predicted octanol–water partition coefficient (Wildman–Crippen LogP) is -18.4. The number of fused-ring (bicyclic) bond motifs is 6. The Kier molecular flexibility index (Phi) is 10.0. The highest BCUT2D eigenvalue weighted by Crippen LogP contribution is 2.32. The minimum Gasteiger partial charge on any atom is -0.312 e. The average Bonchev–Trinajstić information content (AvgIpc) is 3.70. The quantitative estimate of drug-likeness (QED) is 0.158. The summed E-state index contributed by atoms with van der Waals surface area (Å²) < 4.78 is 5.27. The zero-order valence-electron chi connectivity index (χ0n) is 39.7. The van der Waals surface area contributed by atoms with E-state index in [0.29, 0.717) is 0 Å². The first kappa shape index (κ1) is 41.6. The maximum atomic E-state index is 2.65. The number of rotatable bonds is 4. The van der Waals surface area contributed by atoms with Crippen LogP contribution in [0.1, 0.15) is 0 Å². The maximum Gasteiger partial charge on any atom is 0.142 e. The van der Waals surface area contributed by atoms with E-state index in [1.807, 2.05) is 0 Å². The molecular formula is C42H45B17N2. The molecule has 61 heavy (non-hydrogen) atoms. The molecular weight excluding hydrogens is 716 g/mol. The lowest BCUT2D eigenvalue weighted by atomic mass is 9.62. The van der Waals surface area contributed by atoms with Gasteiger partial charge in [-0.1, -0.05) is 160 Å². The van der Waals surface area contributed by atoms with Gasteiger partial charge in [0.2, 0.25) is 0 Å². The van der Waals surface area contributed by atoms with Crippen molar-refractivity contribution in [3.05, 3.63) is 66.7 Å². The molecule has 0 N–H and O–H groups in total. The Labute approximate surface area is 377 Å². The summed E-state index contributed by atoms with van der Waals surface area (Å²) in [6.07, 6.45) is 0. The molecule has 0 saturated heterocycles. The summed E-state index contributed by atoms with van der Waals surface area (Å²) in [5.41, 5.74) is 35.9. The molecule has 0 spiro atoms. The van der Waals surface area contributed by atoms with Crippen LogP contribution in [-0.2, 0) is 0 Å². The van der Waals surface area contributed by atoms with Crippen LogP contribution in [0.5, 0.6) is 0 Å². The fourth-order valence-electron chi connectivity index (χ4n) is 11.7. The second-order valence-electron chi connectivity index (χ2n) is 19.0. The topological polar surface area (TPSA) is 9.86 Å². The summed E-state index contributed by atoms with van der Waals surface area (Å²) in [5, 5.41) is 5.44. The highest BCUT2D eigenvalue weighted by Gasteiger charge is 2.28. The lowest BCUT2D eigenvalue weighted by Crippen LogP contribution is -2.42. The summed E-state index contributed by atoms with van der Waals surface area (Å²) in [6.45, 7) is 0. The second-order valence-corrected chi connectivity index (χ2v) is 19.0. The summed E-state index contributed by atoms with van der Waals surface area (Å²) in [5.74, 6) is 0. The third kappa shape index (κ3) is 6.02. The van der Waals surface area contributed by atoms with Crippen molar-refractivity contribution in [2.75, 3.05) is 0 Å². The van der Waals surface area contributed by atoms with Crippen molar-refractivity contribution in [2.24, 2.45) is 0 Å². The largest absolute Gasteiger partial charge is 0.312 e. The lowest BCUT2D eigenvalue weighted by Gasteiger charge is -2.25. The zero-order chi connectivity index (χ0) is 43.8. The molecule has 0 unspecified atom stereocenters. The van der Waals surface area contributed by atoms with E-state index in [1.165, 1.54) is 170 Å². The van der Waals surface area contributed by atoms with Crippen LogP contribution >= 0.6 is 0 Å². The molecule has 0 atom stereocenters. The Morgan fingerprint density at radius 3 is 1.20 bits per heavy atom. The molecule has 0 aliphatic rings. The summed E-state index contributed by atoms with van der Waals surface area (Å²) in [7, 11) is 39.4. The summed E-state index contributed by atoms with van der Waals surface area (Å²) in [4.78, 5) is 0. The van der Waals surface area contributed by atoms with Gasteiger partial charge >= 0.3 is 0 Å². The standard InChI is InChI=1S/C42H45B17N2/c43-14-3-1-12(2-4-14)13-5-20(47)39(21(48)6-13)61-38-18(11-19(46)29(52)34(38)57)26-31(54)28(33(56)36(59)42(26)61)27-30(53)25-17-7-15(44)8-22(49)37(17)60(41(25)35(58)32(27)55)40-23(50)9-16(45)10-24(40)51/h1-11H,43-59H2. The average molecular weight is 762 g/mol. The first-order valence-corrected chi connectivity index (χ1v) is 22.2. The predicted molar refractivity (Wildman–Crippen MR) is 325 cm³/mol. The van der Waals surface area contributed by atoms with Crippen LogP contribution in [0.15, 0.2) is 66.7 Å². The van der Waals surface area contributed by atoms with Gasteiger partial charge in [0.25, 0.3) is 0 Å². The fourth-order valence-corrected chi connectivity index (χ4v) is 11.7. The molecule has 9 rings (SSSR count). The van der Waals surface area contributed by atoms with E-state index in [9.17, 15) is 0 Å². The van der Waals surface area contributed by atoms with E-state index in [0.717, 1.165) is 0 Å². The molecule has 9 aromatic rings.